The van der Waals surface area contributed by atoms with Crippen LogP contribution in [0.1, 0.15) is 21.0 Å². The summed E-state index contributed by atoms with van der Waals surface area (Å²) in [5.74, 6) is -0.267. The van der Waals surface area contributed by atoms with E-state index < -0.39 is 11.9 Å². The fraction of sp³-hybridized carbons (Fsp3) is 0.0588. The van der Waals surface area contributed by atoms with Gasteiger partial charge in [0, 0.05) is 23.2 Å². The fourth-order valence-corrected chi connectivity index (χ4v) is 3.11. The molecule has 0 saturated carbocycles. The van der Waals surface area contributed by atoms with Gasteiger partial charge in [0.25, 0.3) is 5.91 Å². The molecule has 0 radical (unpaired) electrons. The number of amides is 1. The molecule has 0 aromatic carbocycles. The lowest BCUT2D eigenvalue weighted by Crippen LogP contribution is -2.12. The summed E-state index contributed by atoms with van der Waals surface area (Å²) in [7, 11) is 1.31. The predicted molar refractivity (Wildman–Crippen MR) is 97.5 cm³/mol. The molecule has 4 aromatic heterocycles. The Hall–Kier alpha value is -3.66. The monoisotopic (exact) mass is 383 g/mol. The molecule has 0 saturated heterocycles. The third-order valence-electron chi connectivity index (χ3n) is 3.71. The van der Waals surface area contributed by atoms with Crippen molar-refractivity contribution in [1.29, 1.82) is 0 Å². The Morgan fingerprint density at radius 3 is 3.00 bits per heavy atom. The molecule has 1 amide bonds. The van der Waals surface area contributed by atoms with E-state index in [1.54, 1.807) is 42.1 Å². The zero-order valence-corrected chi connectivity index (χ0v) is 14.8. The lowest BCUT2D eigenvalue weighted by molar-refractivity contribution is 0.0594. The second-order valence-corrected chi connectivity index (χ2v) is 6.29. The van der Waals surface area contributed by atoms with Crippen LogP contribution in [0.2, 0.25) is 0 Å². The molecule has 4 aromatic rings. The van der Waals surface area contributed by atoms with E-state index in [1.165, 1.54) is 18.4 Å². The molecule has 0 atom stereocenters. The van der Waals surface area contributed by atoms with Crippen LogP contribution in [0.5, 0.6) is 0 Å². The van der Waals surface area contributed by atoms with Gasteiger partial charge in [0.05, 0.1) is 19.1 Å². The molecule has 0 aliphatic carbocycles. The minimum atomic E-state index is -0.462. The summed E-state index contributed by atoms with van der Waals surface area (Å²) in [6.45, 7) is 0. The van der Waals surface area contributed by atoms with Crippen LogP contribution in [0, 0.1) is 0 Å². The van der Waals surface area contributed by atoms with E-state index in [9.17, 15) is 9.59 Å². The van der Waals surface area contributed by atoms with Crippen LogP contribution >= 0.6 is 11.3 Å². The molecule has 0 aliphatic heterocycles. The van der Waals surface area contributed by atoms with Gasteiger partial charge in [-0.25, -0.2) is 9.78 Å². The highest BCUT2D eigenvalue weighted by molar-refractivity contribution is 7.14. The third kappa shape index (κ3) is 3.37. The summed E-state index contributed by atoms with van der Waals surface area (Å²) in [5.41, 5.74) is 2.49. The second kappa shape index (κ2) is 6.92. The van der Waals surface area contributed by atoms with Crippen molar-refractivity contribution in [3.8, 4) is 22.7 Å². The topological polar surface area (TPSA) is 126 Å². The first kappa shape index (κ1) is 16.8. The number of thiazole rings is 1. The molecule has 10 heteroatoms. The fourth-order valence-electron chi connectivity index (χ4n) is 2.39. The predicted octanol–water partition coefficient (Wildman–Crippen LogP) is 3.16. The van der Waals surface area contributed by atoms with Crippen LogP contribution in [0.25, 0.3) is 22.7 Å². The van der Waals surface area contributed by atoms with Gasteiger partial charge in [-0.1, -0.05) is 0 Å². The molecule has 0 unspecified atom stereocenters. The molecule has 27 heavy (non-hydrogen) atoms. The third-order valence-corrected chi connectivity index (χ3v) is 4.46. The van der Waals surface area contributed by atoms with Crippen molar-refractivity contribution in [2.75, 3.05) is 12.4 Å². The lowest BCUT2D eigenvalue weighted by Gasteiger charge is -1.97. The highest BCUT2D eigenvalue weighted by atomic mass is 32.1. The Morgan fingerprint density at radius 2 is 2.22 bits per heavy atom. The molecule has 0 bridgehead atoms. The van der Waals surface area contributed by atoms with Crippen molar-refractivity contribution in [2.45, 2.75) is 0 Å². The Bertz CT molecular complexity index is 1090. The summed E-state index contributed by atoms with van der Waals surface area (Å²) in [6, 6.07) is 6.74. The van der Waals surface area contributed by atoms with Crippen molar-refractivity contribution in [1.82, 2.24) is 20.2 Å². The number of furan rings is 1. The van der Waals surface area contributed by atoms with Crippen LogP contribution in [-0.2, 0) is 4.74 Å². The number of hydrogen-bond donors (Lipinski definition) is 3. The van der Waals surface area contributed by atoms with Gasteiger partial charge in [-0.05, 0) is 18.2 Å². The smallest absolute Gasteiger partial charge is 0.354 e. The van der Waals surface area contributed by atoms with Gasteiger partial charge >= 0.3 is 5.97 Å². The molecule has 0 fully saturated rings. The molecule has 9 nitrogen and oxygen atoms in total. The van der Waals surface area contributed by atoms with E-state index in [-0.39, 0.29) is 5.69 Å². The molecule has 4 rings (SSSR count). The minimum Gasteiger partial charge on any atom is -0.464 e. The zero-order valence-electron chi connectivity index (χ0n) is 14.0. The number of ether oxygens (including phenoxy) is 1. The number of anilines is 1. The van der Waals surface area contributed by atoms with Crippen LogP contribution in [0.3, 0.4) is 0 Å². The van der Waals surface area contributed by atoms with Gasteiger partial charge in [-0.2, -0.15) is 5.10 Å². The molecule has 4 heterocycles. The summed E-state index contributed by atoms with van der Waals surface area (Å²) in [6.07, 6.45) is 3.19. The molecule has 0 spiro atoms. The normalized spacial score (nSPS) is 10.7. The Kier molecular flexibility index (Phi) is 4.30. The Balaban J connectivity index is 1.47. The average Bonchev–Trinajstić information content (AvgIpc) is 3.47. The maximum absolute atomic E-state index is 12.4. The van der Waals surface area contributed by atoms with E-state index in [2.05, 4.69) is 30.2 Å². The lowest BCUT2D eigenvalue weighted by atomic mass is 10.2. The van der Waals surface area contributed by atoms with Crippen molar-refractivity contribution in [3.05, 3.63) is 53.5 Å². The first-order chi connectivity index (χ1) is 13.1. The van der Waals surface area contributed by atoms with Crippen LogP contribution < -0.4 is 5.32 Å². The van der Waals surface area contributed by atoms with Gasteiger partial charge in [0.15, 0.2) is 16.6 Å². The number of aromatic nitrogens is 4. The van der Waals surface area contributed by atoms with E-state index in [0.717, 1.165) is 0 Å². The summed E-state index contributed by atoms with van der Waals surface area (Å²) in [4.78, 5) is 31.0. The first-order valence-electron chi connectivity index (χ1n) is 7.77. The minimum absolute atomic E-state index is 0.216. The maximum atomic E-state index is 12.4. The van der Waals surface area contributed by atoms with E-state index in [4.69, 9.17) is 4.42 Å². The number of carbonyl (C=O) groups excluding carboxylic acids is 2. The second-order valence-electron chi connectivity index (χ2n) is 5.43. The molecule has 0 aliphatic rings. The summed E-state index contributed by atoms with van der Waals surface area (Å²) < 4.78 is 9.92. The molecule has 3 N–H and O–H groups in total. The van der Waals surface area contributed by atoms with E-state index >= 15 is 0 Å². The van der Waals surface area contributed by atoms with Crippen molar-refractivity contribution in [3.63, 3.8) is 0 Å². The van der Waals surface area contributed by atoms with E-state index in [0.29, 0.717) is 33.5 Å². The van der Waals surface area contributed by atoms with Crippen LogP contribution in [-0.4, -0.2) is 39.2 Å². The number of nitrogens with zero attached hydrogens (tertiary/aromatic N) is 2. The number of H-pyrrole nitrogens is 2. The van der Waals surface area contributed by atoms with E-state index in [1.807, 2.05) is 0 Å². The quantitative estimate of drug-likeness (QED) is 0.455. The van der Waals surface area contributed by atoms with Crippen molar-refractivity contribution < 1.29 is 18.7 Å². The Labute approximate surface area is 156 Å². The number of hydrogen-bond acceptors (Lipinski definition) is 7. The number of carbonyl (C=O) groups is 2. The van der Waals surface area contributed by atoms with Crippen molar-refractivity contribution >= 4 is 28.3 Å². The molecular weight excluding hydrogens is 370 g/mol. The average molecular weight is 383 g/mol. The SMILES string of the molecule is COC(=O)c1cc(-c2csc(NC(=O)c3cc(-c4ccco4)[nH]n3)n2)c[nH]1. The number of aromatic amines is 2. The van der Waals surface area contributed by atoms with Crippen molar-refractivity contribution in [2.24, 2.45) is 0 Å². The maximum Gasteiger partial charge on any atom is 0.354 e. The first-order valence-corrected chi connectivity index (χ1v) is 8.65. The highest BCUT2D eigenvalue weighted by Crippen LogP contribution is 2.26. The van der Waals surface area contributed by atoms with Gasteiger partial charge in [0.1, 0.15) is 11.4 Å². The Morgan fingerprint density at radius 1 is 1.33 bits per heavy atom. The van der Waals surface area contributed by atoms with Gasteiger partial charge < -0.3 is 14.1 Å². The van der Waals surface area contributed by atoms with Gasteiger partial charge in [-0.3, -0.25) is 15.2 Å². The van der Waals surface area contributed by atoms with Crippen LogP contribution in [0.4, 0.5) is 5.13 Å². The number of methoxy groups -OCH3 is 1. The van der Waals surface area contributed by atoms with Gasteiger partial charge in [0.2, 0.25) is 0 Å². The zero-order chi connectivity index (χ0) is 18.8. The summed E-state index contributed by atoms with van der Waals surface area (Å²) >= 11 is 1.27. The molecule has 136 valence electrons. The number of esters is 1. The van der Waals surface area contributed by atoms with Crippen LogP contribution in [0.15, 0.2) is 46.5 Å². The number of nitrogens with one attached hydrogen (secondary N) is 3. The van der Waals surface area contributed by atoms with Gasteiger partial charge in [-0.15, -0.1) is 11.3 Å². The standard InChI is InChI=1S/C17H13N5O4S/c1-25-16(24)12-5-9(7-18-12)13-8-27-17(19-13)20-15(23)11-6-10(21-22-11)14-3-2-4-26-14/h2-8,18H,1H3,(H,21,22)(H,19,20,23). The highest BCUT2D eigenvalue weighted by Gasteiger charge is 2.16. The summed E-state index contributed by atoms with van der Waals surface area (Å²) in [5, 5.41) is 11.6. The largest absolute Gasteiger partial charge is 0.464 e. The number of rotatable bonds is 5. The molecular formula is C17H13N5O4S.